The van der Waals surface area contributed by atoms with E-state index in [4.69, 9.17) is 11.6 Å². The topological polar surface area (TPSA) is 26.7 Å². The molecule has 0 saturated carbocycles. The number of benzene rings is 1. The predicted octanol–water partition coefficient (Wildman–Crippen LogP) is 2.79. The summed E-state index contributed by atoms with van der Waals surface area (Å²) in [5, 5.41) is 10.9. The summed E-state index contributed by atoms with van der Waals surface area (Å²) in [6.07, 6.45) is 0.340. The van der Waals surface area contributed by atoms with Gasteiger partial charge in [-0.15, -0.1) is 0 Å². The molecule has 0 radical (unpaired) electrons. The monoisotopic (exact) mass is 296 g/mol. The minimum Gasteiger partial charge on any atom is -0.388 e. The first kappa shape index (κ1) is 15.8. The Labute approximate surface area is 127 Å². The van der Waals surface area contributed by atoms with Crippen molar-refractivity contribution in [2.75, 3.05) is 32.7 Å². The van der Waals surface area contributed by atoms with Gasteiger partial charge in [-0.25, -0.2) is 0 Å². The van der Waals surface area contributed by atoms with E-state index in [0.29, 0.717) is 11.1 Å². The lowest BCUT2D eigenvalue weighted by atomic mass is 10.1. The van der Waals surface area contributed by atoms with Crippen LogP contribution in [0.3, 0.4) is 0 Å². The first-order valence-electron chi connectivity index (χ1n) is 7.50. The Morgan fingerprint density at radius 1 is 1.40 bits per heavy atom. The number of aliphatic hydroxyl groups is 1. The second-order valence-electron chi connectivity index (χ2n) is 5.64. The molecule has 2 rings (SSSR count). The van der Waals surface area contributed by atoms with Crippen molar-refractivity contribution >= 4 is 11.6 Å². The van der Waals surface area contributed by atoms with Crippen molar-refractivity contribution in [1.82, 2.24) is 9.80 Å². The number of hydrogen-bond acceptors (Lipinski definition) is 3. The van der Waals surface area contributed by atoms with Crippen LogP contribution in [0.1, 0.15) is 31.9 Å². The van der Waals surface area contributed by atoms with Gasteiger partial charge in [-0.3, -0.25) is 4.90 Å². The predicted molar refractivity (Wildman–Crippen MR) is 84.2 cm³/mol. The van der Waals surface area contributed by atoms with Crippen LogP contribution in [-0.4, -0.2) is 53.7 Å². The summed E-state index contributed by atoms with van der Waals surface area (Å²) in [5.41, 5.74) is 0.915. The summed E-state index contributed by atoms with van der Waals surface area (Å²) >= 11 is 5.96. The number of hydrogen-bond donors (Lipinski definition) is 1. The van der Waals surface area contributed by atoms with Gasteiger partial charge in [0.25, 0.3) is 0 Å². The highest BCUT2D eigenvalue weighted by Crippen LogP contribution is 2.21. The van der Waals surface area contributed by atoms with Crippen molar-refractivity contribution in [2.24, 2.45) is 0 Å². The van der Waals surface area contributed by atoms with E-state index in [9.17, 15) is 5.11 Å². The van der Waals surface area contributed by atoms with Gasteiger partial charge in [0.1, 0.15) is 0 Å². The van der Waals surface area contributed by atoms with Crippen molar-refractivity contribution < 1.29 is 5.11 Å². The number of rotatable bonds is 5. The second-order valence-corrected chi connectivity index (χ2v) is 6.07. The molecule has 4 heteroatoms. The summed E-state index contributed by atoms with van der Waals surface area (Å²) in [6.45, 7) is 9.88. The van der Waals surface area contributed by atoms with Gasteiger partial charge >= 0.3 is 0 Å². The van der Waals surface area contributed by atoms with Gasteiger partial charge in [0.05, 0.1) is 6.10 Å². The number of nitrogens with zero attached hydrogens (tertiary/aromatic N) is 2. The Bertz CT molecular complexity index is 427. The summed E-state index contributed by atoms with van der Waals surface area (Å²) in [6, 6.07) is 8.13. The lowest BCUT2D eigenvalue weighted by Crippen LogP contribution is -2.51. The van der Waals surface area contributed by atoms with Gasteiger partial charge in [-0.05, 0) is 37.6 Å². The highest BCUT2D eigenvalue weighted by atomic mass is 35.5. The van der Waals surface area contributed by atoms with E-state index < -0.39 is 6.10 Å². The molecule has 0 bridgehead atoms. The van der Waals surface area contributed by atoms with E-state index in [2.05, 4.69) is 23.6 Å². The molecule has 112 valence electrons. The zero-order chi connectivity index (χ0) is 14.5. The fourth-order valence-corrected chi connectivity index (χ4v) is 3.13. The second kappa shape index (κ2) is 7.41. The van der Waals surface area contributed by atoms with Crippen molar-refractivity contribution in [3.63, 3.8) is 0 Å². The maximum Gasteiger partial charge on any atom is 0.0802 e. The average molecular weight is 297 g/mol. The molecular weight excluding hydrogens is 272 g/mol. The van der Waals surface area contributed by atoms with Crippen LogP contribution in [0.15, 0.2) is 24.3 Å². The Balaban J connectivity index is 1.81. The zero-order valence-electron chi connectivity index (χ0n) is 12.4. The molecule has 1 aromatic rings. The van der Waals surface area contributed by atoms with Crippen LogP contribution < -0.4 is 0 Å². The molecule has 0 aliphatic carbocycles. The maximum atomic E-state index is 10.2. The molecule has 2 unspecified atom stereocenters. The van der Waals surface area contributed by atoms with E-state index in [1.165, 1.54) is 0 Å². The molecular formula is C16H25ClN2O. The smallest absolute Gasteiger partial charge is 0.0802 e. The molecule has 3 nitrogen and oxygen atoms in total. The lowest BCUT2D eigenvalue weighted by Gasteiger charge is -2.39. The summed E-state index contributed by atoms with van der Waals surface area (Å²) in [4.78, 5) is 4.95. The third kappa shape index (κ3) is 4.19. The molecule has 1 fully saturated rings. The number of likely N-dealkylation sites (N-methyl/N-ethyl adjacent to an activating group) is 1. The molecule has 1 N–H and O–H groups in total. The van der Waals surface area contributed by atoms with E-state index in [-0.39, 0.29) is 0 Å². The van der Waals surface area contributed by atoms with Crippen LogP contribution in [0.4, 0.5) is 0 Å². The minimum absolute atomic E-state index is 0.423. The van der Waals surface area contributed by atoms with Crippen molar-refractivity contribution in [2.45, 2.75) is 32.4 Å². The summed E-state index contributed by atoms with van der Waals surface area (Å²) < 4.78 is 0. The molecule has 1 aliphatic heterocycles. The van der Waals surface area contributed by atoms with Crippen molar-refractivity contribution in [3.8, 4) is 0 Å². The highest BCUT2D eigenvalue weighted by molar-refractivity contribution is 6.30. The number of aliphatic hydroxyl groups excluding tert-OH is 1. The third-order valence-corrected chi connectivity index (χ3v) is 4.44. The van der Waals surface area contributed by atoms with Gasteiger partial charge in [0.2, 0.25) is 0 Å². The normalized spacial score (nSPS) is 22.9. The first-order valence-corrected chi connectivity index (χ1v) is 7.88. The van der Waals surface area contributed by atoms with Gasteiger partial charge in [0.15, 0.2) is 0 Å². The standard InChI is InChI=1S/C16H25ClN2O/c1-3-19-10-9-18(12-13(19)2)8-7-16(20)14-5-4-6-15(17)11-14/h4-6,11,13,16,20H,3,7-10,12H2,1-2H3. The molecule has 2 atom stereocenters. The van der Waals surface area contributed by atoms with Crippen LogP contribution in [0.2, 0.25) is 5.02 Å². The van der Waals surface area contributed by atoms with Crippen LogP contribution in [0.5, 0.6) is 0 Å². The molecule has 1 aromatic carbocycles. The van der Waals surface area contributed by atoms with Gasteiger partial charge < -0.3 is 10.0 Å². The first-order chi connectivity index (χ1) is 9.60. The van der Waals surface area contributed by atoms with E-state index in [1.807, 2.05) is 24.3 Å². The van der Waals surface area contributed by atoms with E-state index in [1.54, 1.807) is 0 Å². The minimum atomic E-state index is -0.423. The average Bonchev–Trinajstić information content (AvgIpc) is 2.45. The number of piperazine rings is 1. The van der Waals surface area contributed by atoms with Crippen LogP contribution in [0, 0.1) is 0 Å². The summed E-state index contributed by atoms with van der Waals surface area (Å²) in [7, 11) is 0. The Hall–Kier alpha value is -0.610. The zero-order valence-corrected chi connectivity index (χ0v) is 13.2. The number of halogens is 1. The quantitative estimate of drug-likeness (QED) is 0.905. The maximum absolute atomic E-state index is 10.2. The van der Waals surface area contributed by atoms with Crippen LogP contribution in [0.25, 0.3) is 0 Å². The lowest BCUT2D eigenvalue weighted by molar-refractivity contribution is 0.0719. The summed E-state index contributed by atoms with van der Waals surface area (Å²) in [5.74, 6) is 0. The Kier molecular flexibility index (Phi) is 5.85. The van der Waals surface area contributed by atoms with Crippen molar-refractivity contribution in [3.05, 3.63) is 34.9 Å². The molecule has 1 aliphatic rings. The fraction of sp³-hybridized carbons (Fsp3) is 0.625. The molecule has 0 spiro atoms. The highest BCUT2D eigenvalue weighted by Gasteiger charge is 2.22. The molecule has 1 saturated heterocycles. The van der Waals surface area contributed by atoms with Gasteiger partial charge in [-0.1, -0.05) is 30.7 Å². The molecule has 0 amide bonds. The molecule has 0 aromatic heterocycles. The fourth-order valence-electron chi connectivity index (χ4n) is 2.93. The van der Waals surface area contributed by atoms with Gasteiger partial charge in [-0.2, -0.15) is 0 Å². The molecule has 1 heterocycles. The van der Waals surface area contributed by atoms with Crippen LogP contribution in [-0.2, 0) is 0 Å². The van der Waals surface area contributed by atoms with Crippen molar-refractivity contribution in [1.29, 1.82) is 0 Å². The van der Waals surface area contributed by atoms with E-state index in [0.717, 1.165) is 44.7 Å². The van der Waals surface area contributed by atoms with Crippen LogP contribution >= 0.6 is 11.6 Å². The Morgan fingerprint density at radius 3 is 2.85 bits per heavy atom. The third-order valence-electron chi connectivity index (χ3n) is 4.21. The van der Waals surface area contributed by atoms with E-state index >= 15 is 0 Å². The Morgan fingerprint density at radius 2 is 2.20 bits per heavy atom. The molecule has 20 heavy (non-hydrogen) atoms. The largest absolute Gasteiger partial charge is 0.388 e. The SMILES string of the molecule is CCN1CCN(CCC(O)c2cccc(Cl)c2)CC1C. The van der Waals surface area contributed by atoms with Gasteiger partial charge in [0, 0.05) is 37.2 Å².